The Kier molecular flexibility index (Phi) is 4.43. The number of carbonyl (C=O) groups is 1. The molecule has 7 heteroatoms. The molecule has 2 aliphatic heterocycles. The van der Waals surface area contributed by atoms with Crippen LogP contribution in [0.5, 0.6) is 0 Å². The van der Waals surface area contributed by atoms with Crippen molar-refractivity contribution in [2.75, 3.05) is 39.3 Å². The van der Waals surface area contributed by atoms with Crippen LogP contribution in [0.4, 0.5) is 0 Å². The standard InChI is InChI=1S/C18H26N6O/c1-13(2)22-7-9-23(10-8-22)14-4-6-24(11-14)18(25)16-15-3-5-19-17(15)21-12-20-16/h3,5,12-14H,4,6-11H2,1-2H3,(H,19,20,21)/t14-/m0/s1. The molecule has 0 bridgehead atoms. The number of H-pyrrole nitrogens is 1. The highest BCUT2D eigenvalue weighted by Gasteiger charge is 2.33. The third-order valence-corrected chi connectivity index (χ3v) is 5.60. The average Bonchev–Trinajstić information content (AvgIpc) is 3.30. The Hall–Kier alpha value is -1.99. The highest BCUT2D eigenvalue weighted by molar-refractivity contribution is 6.03. The molecular formula is C18H26N6O. The molecule has 0 saturated carbocycles. The van der Waals surface area contributed by atoms with E-state index >= 15 is 0 Å². The minimum Gasteiger partial charge on any atom is -0.346 e. The molecule has 2 saturated heterocycles. The van der Waals surface area contributed by atoms with Crippen LogP contribution in [-0.2, 0) is 0 Å². The maximum absolute atomic E-state index is 12.9. The largest absolute Gasteiger partial charge is 0.346 e. The predicted octanol–water partition coefficient (Wildman–Crippen LogP) is 1.20. The Bertz CT molecular complexity index is 749. The molecule has 1 N–H and O–H groups in total. The van der Waals surface area contributed by atoms with Gasteiger partial charge < -0.3 is 9.88 Å². The van der Waals surface area contributed by atoms with Crippen molar-refractivity contribution in [2.24, 2.45) is 0 Å². The van der Waals surface area contributed by atoms with E-state index in [0.29, 0.717) is 17.8 Å². The predicted molar refractivity (Wildman–Crippen MR) is 96.5 cm³/mol. The summed E-state index contributed by atoms with van der Waals surface area (Å²) in [6, 6.07) is 2.97. The number of carbonyl (C=O) groups excluding carboxylic acids is 1. The van der Waals surface area contributed by atoms with E-state index < -0.39 is 0 Å². The number of likely N-dealkylation sites (tertiary alicyclic amines) is 1. The fourth-order valence-corrected chi connectivity index (χ4v) is 4.04. The Balaban J connectivity index is 1.41. The summed E-state index contributed by atoms with van der Waals surface area (Å²) in [6.07, 6.45) is 4.32. The van der Waals surface area contributed by atoms with Crippen molar-refractivity contribution in [2.45, 2.75) is 32.4 Å². The summed E-state index contributed by atoms with van der Waals surface area (Å²) in [4.78, 5) is 31.4. The number of hydrogen-bond acceptors (Lipinski definition) is 5. The quantitative estimate of drug-likeness (QED) is 0.908. The zero-order chi connectivity index (χ0) is 17.4. The van der Waals surface area contributed by atoms with Gasteiger partial charge in [-0.2, -0.15) is 0 Å². The number of nitrogens with zero attached hydrogens (tertiary/aromatic N) is 5. The third kappa shape index (κ3) is 3.14. The number of fused-ring (bicyclic) bond motifs is 1. The van der Waals surface area contributed by atoms with Gasteiger partial charge >= 0.3 is 0 Å². The van der Waals surface area contributed by atoms with Crippen LogP contribution in [-0.4, -0.2) is 86.9 Å². The first kappa shape index (κ1) is 16.5. The van der Waals surface area contributed by atoms with Crippen LogP contribution < -0.4 is 0 Å². The molecule has 25 heavy (non-hydrogen) atoms. The van der Waals surface area contributed by atoms with Crippen LogP contribution >= 0.6 is 0 Å². The molecule has 0 aliphatic carbocycles. The molecule has 2 aliphatic rings. The van der Waals surface area contributed by atoms with Crippen LogP contribution in [0.15, 0.2) is 18.6 Å². The van der Waals surface area contributed by atoms with Crippen molar-refractivity contribution >= 4 is 16.9 Å². The van der Waals surface area contributed by atoms with Crippen molar-refractivity contribution < 1.29 is 4.79 Å². The highest BCUT2D eigenvalue weighted by atomic mass is 16.2. The van der Waals surface area contributed by atoms with Gasteiger partial charge in [-0.25, -0.2) is 9.97 Å². The monoisotopic (exact) mass is 342 g/mol. The van der Waals surface area contributed by atoms with Gasteiger partial charge in [0.05, 0.1) is 5.39 Å². The zero-order valence-electron chi connectivity index (χ0n) is 15.0. The first-order valence-electron chi connectivity index (χ1n) is 9.19. The first-order chi connectivity index (χ1) is 12.1. The SMILES string of the molecule is CC(C)N1CCN([C@H]2CCN(C(=O)c3ncnc4[nH]ccc34)C2)CC1. The fraction of sp³-hybridized carbons (Fsp3) is 0.611. The smallest absolute Gasteiger partial charge is 0.273 e. The summed E-state index contributed by atoms with van der Waals surface area (Å²) < 4.78 is 0. The van der Waals surface area contributed by atoms with E-state index in [9.17, 15) is 4.79 Å². The Morgan fingerprint density at radius 3 is 2.76 bits per heavy atom. The van der Waals surface area contributed by atoms with E-state index in [1.54, 1.807) is 6.20 Å². The van der Waals surface area contributed by atoms with E-state index in [1.165, 1.54) is 6.33 Å². The van der Waals surface area contributed by atoms with Crippen molar-refractivity contribution in [1.82, 2.24) is 29.7 Å². The number of aromatic nitrogens is 3. The summed E-state index contributed by atoms with van der Waals surface area (Å²) in [5.74, 6) is 0.0234. The number of aromatic amines is 1. The van der Waals surface area contributed by atoms with Crippen LogP contribution in [0.25, 0.3) is 11.0 Å². The highest BCUT2D eigenvalue weighted by Crippen LogP contribution is 2.22. The maximum atomic E-state index is 12.9. The molecule has 2 fully saturated rings. The molecule has 0 aromatic carbocycles. The van der Waals surface area contributed by atoms with Gasteiger partial charge in [-0.3, -0.25) is 14.6 Å². The summed E-state index contributed by atoms with van der Waals surface area (Å²) in [5.41, 5.74) is 1.23. The molecule has 0 unspecified atom stereocenters. The van der Waals surface area contributed by atoms with E-state index in [2.05, 4.69) is 38.6 Å². The summed E-state index contributed by atoms with van der Waals surface area (Å²) in [6.45, 7) is 10.6. The minimum absolute atomic E-state index is 0.0234. The van der Waals surface area contributed by atoms with E-state index in [4.69, 9.17) is 0 Å². The lowest BCUT2D eigenvalue weighted by molar-refractivity contribution is 0.0697. The van der Waals surface area contributed by atoms with Gasteiger partial charge in [0.1, 0.15) is 17.7 Å². The molecule has 2 aromatic rings. The van der Waals surface area contributed by atoms with Gasteiger partial charge in [-0.15, -0.1) is 0 Å². The third-order valence-electron chi connectivity index (χ3n) is 5.60. The minimum atomic E-state index is 0.0234. The van der Waals surface area contributed by atoms with Crippen LogP contribution in [0, 0.1) is 0 Å². The van der Waals surface area contributed by atoms with Crippen molar-refractivity contribution in [1.29, 1.82) is 0 Å². The normalized spacial score (nSPS) is 23.0. The van der Waals surface area contributed by atoms with Crippen LogP contribution in [0.1, 0.15) is 30.8 Å². The number of nitrogens with one attached hydrogen (secondary N) is 1. The molecule has 0 radical (unpaired) electrons. The Labute approximate surface area is 148 Å². The summed E-state index contributed by atoms with van der Waals surface area (Å²) in [5, 5.41) is 0.807. The van der Waals surface area contributed by atoms with Gasteiger partial charge in [-0.1, -0.05) is 0 Å². The van der Waals surface area contributed by atoms with Gasteiger partial charge in [0.15, 0.2) is 0 Å². The molecule has 2 aromatic heterocycles. The Morgan fingerprint density at radius 1 is 1.20 bits per heavy atom. The van der Waals surface area contributed by atoms with Crippen molar-refractivity contribution in [3.63, 3.8) is 0 Å². The lowest BCUT2D eigenvalue weighted by Gasteiger charge is -2.39. The number of hydrogen-bond donors (Lipinski definition) is 1. The van der Waals surface area contributed by atoms with Gasteiger partial charge in [0.25, 0.3) is 5.91 Å². The number of amides is 1. The van der Waals surface area contributed by atoms with E-state index in [-0.39, 0.29) is 5.91 Å². The molecule has 0 spiro atoms. The average molecular weight is 342 g/mol. The molecule has 7 nitrogen and oxygen atoms in total. The Morgan fingerprint density at radius 2 is 2.00 bits per heavy atom. The maximum Gasteiger partial charge on any atom is 0.273 e. The molecule has 1 atom stereocenters. The van der Waals surface area contributed by atoms with Crippen molar-refractivity contribution in [3.8, 4) is 0 Å². The molecule has 134 valence electrons. The van der Waals surface area contributed by atoms with Crippen LogP contribution in [0.3, 0.4) is 0 Å². The first-order valence-corrected chi connectivity index (χ1v) is 9.19. The summed E-state index contributed by atoms with van der Waals surface area (Å²) >= 11 is 0. The zero-order valence-corrected chi connectivity index (χ0v) is 15.0. The van der Waals surface area contributed by atoms with Crippen molar-refractivity contribution in [3.05, 3.63) is 24.3 Å². The number of rotatable bonds is 3. The number of piperazine rings is 1. The van der Waals surface area contributed by atoms with Crippen LogP contribution in [0.2, 0.25) is 0 Å². The second-order valence-corrected chi connectivity index (χ2v) is 7.32. The second-order valence-electron chi connectivity index (χ2n) is 7.32. The van der Waals surface area contributed by atoms with E-state index in [1.807, 2.05) is 11.0 Å². The van der Waals surface area contributed by atoms with E-state index in [0.717, 1.165) is 56.7 Å². The second kappa shape index (κ2) is 6.72. The molecule has 4 rings (SSSR count). The topological polar surface area (TPSA) is 68.4 Å². The summed E-state index contributed by atoms with van der Waals surface area (Å²) in [7, 11) is 0. The fourth-order valence-electron chi connectivity index (χ4n) is 4.04. The van der Waals surface area contributed by atoms with Gasteiger partial charge in [0, 0.05) is 57.5 Å². The molecular weight excluding hydrogens is 316 g/mol. The molecule has 1 amide bonds. The lowest BCUT2D eigenvalue weighted by Crippen LogP contribution is -2.52. The van der Waals surface area contributed by atoms with Gasteiger partial charge in [0.2, 0.25) is 0 Å². The lowest BCUT2D eigenvalue weighted by atomic mass is 10.1. The molecule has 4 heterocycles. The van der Waals surface area contributed by atoms with Gasteiger partial charge in [-0.05, 0) is 26.3 Å².